The highest BCUT2D eigenvalue weighted by Gasteiger charge is 2.49. The Morgan fingerprint density at radius 3 is 2.78 bits per heavy atom. The number of fused-ring (bicyclic) bond motifs is 1. The molecule has 1 spiro atoms. The van der Waals surface area contributed by atoms with E-state index < -0.39 is 5.79 Å². The van der Waals surface area contributed by atoms with Crippen LogP contribution in [0.3, 0.4) is 0 Å². The Kier molecular flexibility index (Phi) is 3.95. The lowest BCUT2D eigenvalue weighted by molar-refractivity contribution is -0.214. The van der Waals surface area contributed by atoms with E-state index in [1.165, 1.54) is 19.3 Å². The second-order valence-electron chi connectivity index (χ2n) is 6.85. The molecule has 3 aliphatic heterocycles. The fourth-order valence-corrected chi connectivity index (χ4v) is 4.46. The van der Waals surface area contributed by atoms with Gasteiger partial charge in [0, 0.05) is 24.9 Å². The Morgan fingerprint density at radius 2 is 2.04 bits per heavy atom. The van der Waals surface area contributed by atoms with E-state index in [9.17, 15) is 5.11 Å². The monoisotopic (exact) mass is 319 g/mol. The Balaban J connectivity index is 1.67. The lowest BCUT2D eigenvalue weighted by Crippen LogP contribution is -2.54. The minimum absolute atomic E-state index is 0.200. The van der Waals surface area contributed by atoms with Crippen LogP contribution in [0.4, 0.5) is 0 Å². The minimum Gasteiger partial charge on any atom is -0.504 e. The van der Waals surface area contributed by atoms with Crippen molar-refractivity contribution < 1.29 is 19.3 Å². The number of ether oxygens (including phenoxy) is 3. The average Bonchev–Trinajstić information content (AvgIpc) is 3.01. The number of methoxy groups -OCH3 is 1. The van der Waals surface area contributed by atoms with Crippen molar-refractivity contribution in [1.29, 1.82) is 0 Å². The first-order chi connectivity index (χ1) is 11.2. The molecule has 0 amide bonds. The molecule has 0 saturated carbocycles. The molecule has 4 rings (SSSR count). The van der Waals surface area contributed by atoms with Gasteiger partial charge in [-0.1, -0.05) is 12.5 Å². The molecule has 126 valence electrons. The maximum Gasteiger partial charge on any atom is 0.171 e. The minimum atomic E-state index is -0.432. The third kappa shape index (κ3) is 2.71. The van der Waals surface area contributed by atoms with Crippen molar-refractivity contribution in [1.82, 2.24) is 4.90 Å². The van der Waals surface area contributed by atoms with Gasteiger partial charge >= 0.3 is 0 Å². The number of benzene rings is 1. The van der Waals surface area contributed by atoms with Gasteiger partial charge in [0.15, 0.2) is 17.3 Å². The summed E-state index contributed by atoms with van der Waals surface area (Å²) < 4.78 is 17.2. The second kappa shape index (κ2) is 5.96. The average molecular weight is 319 g/mol. The van der Waals surface area contributed by atoms with E-state index in [1.807, 2.05) is 12.1 Å². The van der Waals surface area contributed by atoms with Crippen molar-refractivity contribution in [3.63, 3.8) is 0 Å². The highest BCUT2D eigenvalue weighted by atomic mass is 16.7. The van der Waals surface area contributed by atoms with Crippen molar-refractivity contribution >= 4 is 0 Å². The maximum atomic E-state index is 10.2. The van der Waals surface area contributed by atoms with Gasteiger partial charge in [-0.15, -0.1) is 0 Å². The summed E-state index contributed by atoms with van der Waals surface area (Å²) in [7, 11) is 1.57. The Morgan fingerprint density at radius 1 is 1.22 bits per heavy atom. The zero-order valence-electron chi connectivity index (χ0n) is 13.7. The normalized spacial score (nSPS) is 30.3. The largest absolute Gasteiger partial charge is 0.504 e. The highest BCUT2D eigenvalue weighted by Crippen LogP contribution is 2.47. The predicted octanol–water partition coefficient (Wildman–Crippen LogP) is 2.83. The summed E-state index contributed by atoms with van der Waals surface area (Å²) in [6, 6.07) is 6.47. The summed E-state index contributed by atoms with van der Waals surface area (Å²) in [6.07, 6.45) is 5.51. The summed E-state index contributed by atoms with van der Waals surface area (Å²) in [5.74, 6) is 0.285. The maximum absolute atomic E-state index is 10.2. The van der Waals surface area contributed by atoms with Gasteiger partial charge < -0.3 is 19.3 Å². The molecule has 3 saturated heterocycles. The van der Waals surface area contributed by atoms with Crippen LogP contribution in [-0.2, 0) is 9.47 Å². The number of rotatable bonds is 2. The standard InChI is InChI=1S/C18H25NO4/c1-21-17-6-5-13(10-16(17)20)15-12-18(22-8-9-23-18)11-14-4-2-3-7-19(14)15/h5-6,10,14-15,20H,2-4,7-9,11-12H2,1H3/t14-,15-/m0/s1. The van der Waals surface area contributed by atoms with Gasteiger partial charge in [-0.2, -0.15) is 0 Å². The first-order valence-corrected chi connectivity index (χ1v) is 8.61. The van der Waals surface area contributed by atoms with Crippen molar-refractivity contribution in [2.24, 2.45) is 0 Å². The third-order valence-electron chi connectivity index (χ3n) is 5.53. The molecule has 1 N–H and O–H groups in total. The van der Waals surface area contributed by atoms with Crippen LogP contribution in [0.5, 0.6) is 11.5 Å². The SMILES string of the molecule is COc1ccc([C@@H]2CC3(C[C@@H]4CCCCN42)OCCO3)cc1O. The molecule has 23 heavy (non-hydrogen) atoms. The Hall–Kier alpha value is -1.30. The van der Waals surface area contributed by atoms with E-state index >= 15 is 0 Å². The van der Waals surface area contributed by atoms with Crippen molar-refractivity contribution in [2.45, 2.75) is 50.0 Å². The summed E-state index contributed by atoms with van der Waals surface area (Å²) in [5.41, 5.74) is 1.12. The number of nitrogens with zero attached hydrogens (tertiary/aromatic N) is 1. The molecule has 0 bridgehead atoms. The molecule has 2 atom stereocenters. The molecule has 0 radical (unpaired) electrons. The van der Waals surface area contributed by atoms with E-state index in [1.54, 1.807) is 7.11 Å². The molecule has 0 aromatic heterocycles. The van der Waals surface area contributed by atoms with E-state index in [0.717, 1.165) is 24.9 Å². The van der Waals surface area contributed by atoms with Crippen LogP contribution in [-0.4, -0.2) is 48.7 Å². The third-order valence-corrected chi connectivity index (χ3v) is 5.53. The molecule has 1 aromatic carbocycles. The lowest BCUT2D eigenvalue weighted by atomic mass is 9.82. The smallest absolute Gasteiger partial charge is 0.171 e. The number of hydrogen-bond acceptors (Lipinski definition) is 5. The van der Waals surface area contributed by atoms with Gasteiger partial charge in [0.1, 0.15) is 0 Å². The molecular weight excluding hydrogens is 294 g/mol. The van der Waals surface area contributed by atoms with Crippen LogP contribution in [0.25, 0.3) is 0 Å². The Labute approximate surface area is 137 Å². The van der Waals surface area contributed by atoms with Crippen LogP contribution >= 0.6 is 0 Å². The quantitative estimate of drug-likeness (QED) is 0.908. The van der Waals surface area contributed by atoms with Gasteiger partial charge in [-0.25, -0.2) is 0 Å². The molecule has 0 aliphatic carbocycles. The molecule has 0 unspecified atom stereocenters. The van der Waals surface area contributed by atoms with Crippen LogP contribution in [0.2, 0.25) is 0 Å². The van der Waals surface area contributed by atoms with E-state index in [0.29, 0.717) is 25.0 Å². The van der Waals surface area contributed by atoms with Crippen molar-refractivity contribution in [3.05, 3.63) is 23.8 Å². The second-order valence-corrected chi connectivity index (χ2v) is 6.85. The molecule has 3 aliphatic rings. The number of hydrogen-bond donors (Lipinski definition) is 1. The number of aromatic hydroxyl groups is 1. The van der Waals surface area contributed by atoms with Crippen LogP contribution in [0, 0.1) is 0 Å². The fourth-order valence-electron chi connectivity index (χ4n) is 4.46. The van der Waals surface area contributed by atoms with Gasteiger partial charge in [-0.3, -0.25) is 4.90 Å². The summed E-state index contributed by atoms with van der Waals surface area (Å²) in [5, 5.41) is 10.2. The summed E-state index contributed by atoms with van der Waals surface area (Å²) >= 11 is 0. The van der Waals surface area contributed by atoms with Crippen LogP contribution in [0.1, 0.15) is 43.7 Å². The fraction of sp³-hybridized carbons (Fsp3) is 0.667. The van der Waals surface area contributed by atoms with Gasteiger partial charge in [0.05, 0.1) is 20.3 Å². The van der Waals surface area contributed by atoms with Gasteiger partial charge in [0.25, 0.3) is 0 Å². The number of phenols is 1. The molecular formula is C18H25NO4. The predicted molar refractivity (Wildman–Crippen MR) is 85.6 cm³/mol. The molecule has 5 heteroatoms. The molecule has 3 fully saturated rings. The van der Waals surface area contributed by atoms with E-state index in [2.05, 4.69) is 11.0 Å². The molecule has 3 heterocycles. The van der Waals surface area contributed by atoms with E-state index in [-0.39, 0.29) is 11.8 Å². The van der Waals surface area contributed by atoms with Crippen molar-refractivity contribution in [3.8, 4) is 11.5 Å². The van der Waals surface area contributed by atoms with E-state index in [4.69, 9.17) is 14.2 Å². The highest BCUT2D eigenvalue weighted by molar-refractivity contribution is 5.43. The van der Waals surface area contributed by atoms with Crippen molar-refractivity contribution in [2.75, 3.05) is 26.9 Å². The van der Waals surface area contributed by atoms with Crippen LogP contribution < -0.4 is 4.74 Å². The Bertz CT molecular complexity index is 570. The lowest BCUT2D eigenvalue weighted by Gasteiger charge is -2.50. The summed E-state index contributed by atoms with van der Waals surface area (Å²) in [4.78, 5) is 2.58. The number of phenolic OH excluding ortho intramolecular Hbond substituents is 1. The number of piperidine rings is 2. The topological polar surface area (TPSA) is 51.2 Å². The summed E-state index contributed by atoms with van der Waals surface area (Å²) in [6.45, 7) is 2.48. The van der Waals surface area contributed by atoms with Gasteiger partial charge in [-0.05, 0) is 37.1 Å². The zero-order chi connectivity index (χ0) is 15.9. The van der Waals surface area contributed by atoms with Crippen LogP contribution in [0.15, 0.2) is 18.2 Å². The molecule has 1 aromatic rings. The molecule has 5 nitrogen and oxygen atoms in total. The first kappa shape index (κ1) is 15.2. The van der Waals surface area contributed by atoms with Gasteiger partial charge in [0.2, 0.25) is 0 Å². The zero-order valence-corrected chi connectivity index (χ0v) is 13.7. The first-order valence-electron chi connectivity index (χ1n) is 8.61.